The molecule has 3 aromatic rings. The van der Waals surface area contributed by atoms with Crippen molar-refractivity contribution in [3.05, 3.63) is 32.3 Å². The number of thioether (sulfide) groups is 1. The Balaban J connectivity index is 1.73. The number of methoxy groups -OCH3 is 1. The summed E-state index contributed by atoms with van der Waals surface area (Å²) in [7, 11) is 1.34. The molecule has 0 fully saturated rings. The molecule has 10 heteroatoms. The third kappa shape index (κ3) is 5.41. The molecule has 3 heterocycles. The van der Waals surface area contributed by atoms with Gasteiger partial charge in [0.15, 0.2) is 11.0 Å². The summed E-state index contributed by atoms with van der Waals surface area (Å²) in [5.74, 6) is 0.365. The summed E-state index contributed by atoms with van der Waals surface area (Å²) in [5, 5.41) is 15.0. The van der Waals surface area contributed by atoms with Crippen molar-refractivity contribution in [2.24, 2.45) is 0 Å². The lowest BCUT2D eigenvalue weighted by atomic mass is 10.1. The normalized spacial score (nSPS) is 11.0. The van der Waals surface area contributed by atoms with Crippen molar-refractivity contribution in [1.29, 1.82) is 0 Å². The number of thiophene rings is 2. The van der Waals surface area contributed by atoms with E-state index in [0.717, 1.165) is 47.6 Å². The van der Waals surface area contributed by atoms with Gasteiger partial charge in [-0.3, -0.25) is 4.79 Å². The lowest BCUT2D eigenvalue weighted by Crippen LogP contribution is -2.16. The van der Waals surface area contributed by atoms with E-state index in [1.807, 2.05) is 13.8 Å². The number of aryl methyl sites for hydroxylation is 2. The summed E-state index contributed by atoms with van der Waals surface area (Å²) < 4.78 is 6.96. The molecular formula is C22H28N4O3S3. The maximum atomic E-state index is 12.7. The molecule has 32 heavy (non-hydrogen) atoms. The molecule has 0 bridgehead atoms. The van der Waals surface area contributed by atoms with Gasteiger partial charge in [0.2, 0.25) is 5.91 Å². The molecule has 172 valence electrons. The molecule has 0 radical (unpaired) electrons. The Morgan fingerprint density at radius 3 is 2.69 bits per heavy atom. The highest BCUT2D eigenvalue weighted by atomic mass is 32.2. The Bertz CT molecular complexity index is 1100. The minimum absolute atomic E-state index is 0.170. The van der Waals surface area contributed by atoms with Gasteiger partial charge in [0.25, 0.3) is 0 Å². The standard InChI is InChI=1S/C22H28N4O3S3/c1-6-8-16-10-15(11-30-16)19-24-25-22(26(19)9-7-2)31-12-17(27)23-20-18(21(28)29-5)13(3)14(4)32-20/h10-11H,6-9,12H2,1-5H3,(H,23,27). The zero-order valence-corrected chi connectivity index (χ0v) is 21.4. The van der Waals surface area contributed by atoms with E-state index in [2.05, 4.69) is 45.4 Å². The molecule has 3 aromatic heterocycles. The SMILES string of the molecule is CCCc1cc(-c2nnc(SCC(=O)Nc3sc(C)c(C)c3C(=O)OC)n2CCC)cs1. The van der Waals surface area contributed by atoms with Gasteiger partial charge in [0, 0.05) is 27.2 Å². The van der Waals surface area contributed by atoms with Crippen molar-refractivity contribution in [2.75, 3.05) is 18.2 Å². The van der Waals surface area contributed by atoms with E-state index in [0.29, 0.717) is 15.7 Å². The van der Waals surface area contributed by atoms with Crippen molar-refractivity contribution in [1.82, 2.24) is 14.8 Å². The molecule has 0 aliphatic carbocycles. The number of carbonyl (C=O) groups excluding carboxylic acids is 2. The lowest BCUT2D eigenvalue weighted by Gasteiger charge is -2.08. The molecule has 3 rings (SSSR count). The fraction of sp³-hybridized carbons (Fsp3) is 0.455. The van der Waals surface area contributed by atoms with E-state index in [-0.39, 0.29) is 11.7 Å². The van der Waals surface area contributed by atoms with Crippen LogP contribution in [0.1, 0.15) is 52.4 Å². The number of hydrogen-bond donors (Lipinski definition) is 1. The fourth-order valence-electron chi connectivity index (χ4n) is 3.27. The van der Waals surface area contributed by atoms with Crippen LogP contribution in [-0.2, 0) is 22.5 Å². The maximum absolute atomic E-state index is 12.7. The van der Waals surface area contributed by atoms with E-state index in [4.69, 9.17) is 4.74 Å². The second kappa shape index (κ2) is 11.1. The first-order chi connectivity index (χ1) is 15.4. The number of anilines is 1. The van der Waals surface area contributed by atoms with Crippen LogP contribution in [-0.4, -0.2) is 39.5 Å². The van der Waals surface area contributed by atoms with E-state index >= 15 is 0 Å². The van der Waals surface area contributed by atoms with E-state index in [9.17, 15) is 9.59 Å². The van der Waals surface area contributed by atoms with Gasteiger partial charge in [-0.15, -0.1) is 32.9 Å². The number of esters is 1. The predicted octanol–water partition coefficient (Wildman–Crippen LogP) is 5.56. The van der Waals surface area contributed by atoms with Crippen molar-refractivity contribution < 1.29 is 14.3 Å². The van der Waals surface area contributed by atoms with Crippen LogP contribution in [0.25, 0.3) is 11.4 Å². The number of carbonyl (C=O) groups is 2. The van der Waals surface area contributed by atoms with Gasteiger partial charge in [0.05, 0.1) is 18.4 Å². The average Bonchev–Trinajstić information content (AvgIpc) is 3.45. The Kier molecular flexibility index (Phi) is 8.50. The molecule has 0 aliphatic rings. The molecule has 0 unspecified atom stereocenters. The van der Waals surface area contributed by atoms with Gasteiger partial charge in [0.1, 0.15) is 5.00 Å². The molecule has 0 saturated carbocycles. The maximum Gasteiger partial charge on any atom is 0.341 e. The summed E-state index contributed by atoms with van der Waals surface area (Å²) in [6.45, 7) is 8.83. The van der Waals surface area contributed by atoms with Gasteiger partial charge < -0.3 is 14.6 Å². The summed E-state index contributed by atoms with van der Waals surface area (Å²) in [5.41, 5.74) is 2.32. The van der Waals surface area contributed by atoms with Gasteiger partial charge >= 0.3 is 5.97 Å². The highest BCUT2D eigenvalue weighted by Gasteiger charge is 2.22. The van der Waals surface area contributed by atoms with Crippen LogP contribution in [0.15, 0.2) is 16.6 Å². The van der Waals surface area contributed by atoms with E-state index < -0.39 is 5.97 Å². The van der Waals surface area contributed by atoms with Crippen LogP contribution in [0.3, 0.4) is 0 Å². The van der Waals surface area contributed by atoms with Crippen molar-refractivity contribution in [2.45, 2.75) is 58.7 Å². The van der Waals surface area contributed by atoms with Gasteiger partial charge in [-0.05, 0) is 38.3 Å². The van der Waals surface area contributed by atoms with E-state index in [1.54, 1.807) is 11.3 Å². The summed E-state index contributed by atoms with van der Waals surface area (Å²) >= 11 is 4.47. The Morgan fingerprint density at radius 1 is 1.22 bits per heavy atom. The van der Waals surface area contributed by atoms with Crippen LogP contribution in [0, 0.1) is 13.8 Å². The minimum atomic E-state index is -0.444. The number of rotatable bonds is 10. The predicted molar refractivity (Wildman–Crippen MR) is 132 cm³/mol. The highest BCUT2D eigenvalue weighted by molar-refractivity contribution is 7.99. The van der Waals surface area contributed by atoms with Crippen molar-refractivity contribution >= 4 is 51.3 Å². The number of nitrogens with zero attached hydrogens (tertiary/aromatic N) is 3. The Hall–Kier alpha value is -2.17. The van der Waals surface area contributed by atoms with Crippen LogP contribution in [0.4, 0.5) is 5.00 Å². The zero-order valence-electron chi connectivity index (χ0n) is 19.0. The molecule has 0 aromatic carbocycles. The number of aromatic nitrogens is 3. The zero-order chi connectivity index (χ0) is 23.3. The Morgan fingerprint density at radius 2 is 2.00 bits per heavy atom. The van der Waals surface area contributed by atoms with Crippen LogP contribution < -0.4 is 5.32 Å². The molecule has 0 atom stereocenters. The molecule has 0 spiro atoms. The number of nitrogens with one attached hydrogen (secondary N) is 1. The topological polar surface area (TPSA) is 86.1 Å². The number of amides is 1. The first-order valence-electron chi connectivity index (χ1n) is 10.5. The van der Waals surface area contributed by atoms with Crippen molar-refractivity contribution in [3.8, 4) is 11.4 Å². The molecule has 7 nitrogen and oxygen atoms in total. The van der Waals surface area contributed by atoms with Crippen LogP contribution in [0.5, 0.6) is 0 Å². The smallest absolute Gasteiger partial charge is 0.341 e. The molecule has 1 amide bonds. The fourth-order valence-corrected chi connectivity index (χ4v) is 6.06. The number of ether oxygens (including phenoxy) is 1. The summed E-state index contributed by atoms with van der Waals surface area (Å²) in [6, 6.07) is 2.18. The highest BCUT2D eigenvalue weighted by Crippen LogP contribution is 2.33. The first kappa shape index (κ1) is 24.5. The van der Waals surface area contributed by atoms with E-state index in [1.165, 1.54) is 35.1 Å². The molecule has 0 aliphatic heterocycles. The molecular weight excluding hydrogens is 464 g/mol. The third-order valence-electron chi connectivity index (χ3n) is 4.93. The first-order valence-corrected chi connectivity index (χ1v) is 13.2. The van der Waals surface area contributed by atoms with Gasteiger partial charge in [-0.1, -0.05) is 32.0 Å². The van der Waals surface area contributed by atoms with Gasteiger partial charge in [-0.2, -0.15) is 0 Å². The summed E-state index contributed by atoms with van der Waals surface area (Å²) in [4.78, 5) is 27.1. The largest absolute Gasteiger partial charge is 0.465 e. The summed E-state index contributed by atoms with van der Waals surface area (Å²) in [6.07, 6.45) is 3.11. The number of hydrogen-bond acceptors (Lipinski definition) is 8. The lowest BCUT2D eigenvalue weighted by molar-refractivity contribution is -0.113. The molecule has 1 N–H and O–H groups in total. The minimum Gasteiger partial charge on any atom is -0.465 e. The van der Waals surface area contributed by atoms with Crippen LogP contribution in [0.2, 0.25) is 0 Å². The average molecular weight is 493 g/mol. The van der Waals surface area contributed by atoms with Crippen molar-refractivity contribution in [3.63, 3.8) is 0 Å². The second-order valence-corrected chi connectivity index (χ2v) is 10.5. The quantitative estimate of drug-likeness (QED) is 0.294. The van der Waals surface area contributed by atoms with Gasteiger partial charge in [-0.25, -0.2) is 4.79 Å². The third-order valence-corrected chi connectivity index (χ3v) is 8.02. The van der Waals surface area contributed by atoms with Crippen LogP contribution >= 0.6 is 34.4 Å². The Labute approximate surface area is 200 Å². The molecule has 0 saturated heterocycles. The second-order valence-electron chi connectivity index (χ2n) is 7.33. The monoisotopic (exact) mass is 492 g/mol.